The molecule has 30 heavy (non-hydrogen) atoms. The van der Waals surface area contributed by atoms with Gasteiger partial charge in [0.25, 0.3) is 0 Å². The summed E-state index contributed by atoms with van der Waals surface area (Å²) in [7, 11) is 0. The number of aromatic nitrogens is 2. The van der Waals surface area contributed by atoms with Crippen molar-refractivity contribution in [3.8, 4) is 0 Å². The molecule has 2 atom stereocenters. The van der Waals surface area contributed by atoms with Crippen molar-refractivity contribution >= 4 is 34.9 Å². The van der Waals surface area contributed by atoms with Crippen molar-refractivity contribution in [1.29, 1.82) is 0 Å². The maximum Gasteiger partial charge on any atom is 0.232 e. The highest BCUT2D eigenvalue weighted by molar-refractivity contribution is 7.80. The normalized spacial score (nSPS) is 25.8. The molecular weight excluding hydrogens is 392 g/mol. The molecule has 7 heteroatoms. The van der Waals surface area contributed by atoms with Crippen molar-refractivity contribution in [3.05, 3.63) is 6.07 Å². The summed E-state index contributed by atoms with van der Waals surface area (Å²) in [5, 5.41) is 7.46. The molecule has 0 spiro atoms. The van der Waals surface area contributed by atoms with Gasteiger partial charge in [0.15, 0.2) is 5.11 Å². The summed E-state index contributed by atoms with van der Waals surface area (Å²) in [5.74, 6) is 4.11. The SMILES string of the molecule is C[C@@H]1CCCN(c2cc(N3CCC[C@@H](C)C3)nc(NC(=S)NC3CCCCC3)n2)C1. The number of anilines is 3. The first-order chi connectivity index (χ1) is 14.6. The van der Waals surface area contributed by atoms with Gasteiger partial charge in [0.1, 0.15) is 11.6 Å². The summed E-state index contributed by atoms with van der Waals surface area (Å²) in [6, 6.07) is 2.67. The zero-order valence-electron chi connectivity index (χ0n) is 18.7. The smallest absolute Gasteiger partial charge is 0.232 e. The Bertz CT molecular complexity index is 679. The van der Waals surface area contributed by atoms with E-state index in [0.717, 1.165) is 37.8 Å². The molecule has 0 amide bonds. The second-order valence-electron chi connectivity index (χ2n) is 9.73. The summed E-state index contributed by atoms with van der Waals surface area (Å²) in [4.78, 5) is 14.6. The van der Waals surface area contributed by atoms with Gasteiger partial charge in [-0.05, 0) is 62.6 Å². The molecule has 0 bridgehead atoms. The molecule has 1 aliphatic carbocycles. The third kappa shape index (κ3) is 5.74. The van der Waals surface area contributed by atoms with Crippen LogP contribution >= 0.6 is 12.2 Å². The van der Waals surface area contributed by atoms with Gasteiger partial charge < -0.3 is 20.4 Å². The molecule has 0 aromatic carbocycles. The van der Waals surface area contributed by atoms with Crippen LogP contribution in [0.2, 0.25) is 0 Å². The van der Waals surface area contributed by atoms with E-state index < -0.39 is 0 Å². The zero-order chi connectivity index (χ0) is 20.9. The van der Waals surface area contributed by atoms with Crippen LogP contribution in [-0.4, -0.2) is 47.3 Å². The van der Waals surface area contributed by atoms with Gasteiger partial charge in [-0.25, -0.2) is 0 Å². The van der Waals surface area contributed by atoms with E-state index in [1.807, 2.05) is 0 Å². The van der Waals surface area contributed by atoms with Gasteiger partial charge in [-0.15, -0.1) is 0 Å². The van der Waals surface area contributed by atoms with Crippen LogP contribution in [-0.2, 0) is 0 Å². The number of nitrogens with one attached hydrogen (secondary N) is 2. The molecule has 2 aliphatic heterocycles. The van der Waals surface area contributed by atoms with Gasteiger partial charge in [0.2, 0.25) is 5.95 Å². The molecule has 3 heterocycles. The lowest BCUT2D eigenvalue weighted by molar-refractivity contribution is 0.414. The number of nitrogens with zero attached hydrogens (tertiary/aromatic N) is 4. The predicted molar refractivity (Wildman–Crippen MR) is 129 cm³/mol. The van der Waals surface area contributed by atoms with Gasteiger partial charge in [0.05, 0.1) is 0 Å². The summed E-state index contributed by atoms with van der Waals surface area (Å²) in [6.45, 7) is 8.95. The van der Waals surface area contributed by atoms with Gasteiger partial charge >= 0.3 is 0 Å². The Morgan fingerprint density at radius 1 is 0.867 bits per heavy atom. The van der Waals surface area contributed by atoms with E-state index in [-0.39, 0.29) is 0 Å². The Labute approximate surface area is 187 Å². The molecule has 4 rings (SSSR count). The first-order valence-corrected chi connectivity index (χ1v) is 12.4. The van der Waals surface area contributed by atoms with Crippen molar-refractivity contribution in [2.45, 2.75) is 77.7 Å². The van der Waals surface area contributed by atoms with E-state index in [4.69, 9.17) is 22.2 Å². The Morgan fingerprint density at radius 2 is 1.43 bits per heavy atom. The Hall–Kier alpha value is -1.63. The average Bonchev–Trinajstić information content (AvgIpc) is 2.74. The van der Waals surface area contributed by atoms with Crippen LogP contribution in [0.1, 0.15) is 71.6 Å². The Balaban J connectivity index is 1.52. The van der Waals surface area contributed by atoms with E-state index in [1.165, 1.54) is 57.8 Å². The number of piperidine rings is 2. The van der Waals surface area contributed by atoms with Gasteiger partial charge in [-0.3, -0.25) is 0 Å². The van der Waals surface area contributed by atoms with Crippen LogP contribution in [0.15, 0.2) is 6.07 Å². The lowest BCUT2D eigenvalue weighted by Crippen LogP contribution is -2.40. The van der Waals surface area contributed by atoms with E-state index in [9.17, 15) is 0 Å². The summed E-state index contributed by atoms with van der Waals surface area (Å²) in [6.07, 6.45) is 11.4. The molecule has 1 aromatic heterocycles. The highest BCUT2D eigenvalue weighted by atomic mass is 32.1. The molecule has 2 N–H and O–H groups in total. The van der Waals surface area contributed by atoms with Crippen LogP contribution in [0, 0.1) is 11.8 Å². The minimum Gasteiger partial charge on any atom is -0.360 e. The largest absolute Gasteiger partial charge is 0.360 e. The molecule has 166 valence electrons. The van der Waals surface area contributed by atoms with Gasteiger partial charge in [-0.2, -0.15) is 9.97 Å². The fraction of sp³-hybridized carbons (Fsp3) is 0.783. The van der Waals surface area contributed by atoms with Crippen molar-refractivity contribution in [2.75, 3.05) is 41.3 Å². The molecule has 1 aromatic rings. The number of hydrogen-bond donors (Lipinski definition) is 2. The van der Waals surface area contributed by atoms with Crippen LogP contribution in [0.3, 0.4) is 0 Å². The Morgan fingerprint density at radius 3 is 1.97 bits per heavy atom. The molecule has 1 saturated carbocycles. The maximum absolute atomic E-state index is 5.62. The topological polar surface area (TPSA) is 56.3 Å². The second kappa shape index (κ2) is 10.1. The highest BCUT2D eigenvalue weighted by Crippen LogP contribution is 2.28. The highest BCUT2D eigenvalue weighted by Gasteiger charge is 2.23. The van der Waals surface area contributed by atoms with E-state index in [1.54, 1.807) is 0 Å². The first kappa shape index (κ1) is 21.6. The minimum absolute atomic E-state index is 0.479. The van der Waals surface area contributed by atoms with Crippen molar-refractivity contribution in [3.63, 3.8) is 0 Å². The van der Waals surface area contributed by atoms with Crippen molar-refractivity contribution in [2.24, 2.45) is 11.8 Å². The third-order valence-electron chi connectivity index (χ3n) is 6.83. The fourth-order valence-corrected chi connectivity index (χ4v) is 5.42. The van der Waals surface area contributed by atoms with Gasteiger partial charge in [0, 0.05) is 38.3 Å². The first-order valence-electron chi connectivity index (χ1n) is 12.0. The predicted octanol–water partition coefficient (Wildman–Crippen LogP) is 4.57. The molecular formula is C23H38N6S. The summed E-state index contributed by atoms with van der Waals surface area (Å²) >= 11 is 5.62. The monoisotopic (exact) mass is 430 g/mol. The van der Waals surface area contributed by atoms with Crippen LogP contribution in [0.5, 0.6) is 0 Å². The molecule has 6 nitrogen and oxygen atoms in total. The molecule has 3 fully saturated rings. The number of hydrogen-bond acceptors (Lipinski definition) is 5. The van der Waals surface area contributed by atoms with E-state index in [0.29, 0.717) is 28.9 Å². The molecule has 3 aliphatic rings. The van der Waals surface area contributed by atoms with Crippen molar-refractivity contribution < 1.29 is 0 Å². The summed E-state index contributed by atoms with van der Waals surface area (Å²) < 4.78 is 0. The molecule has 0 radical (unpaired) electrons. The zero-order valence-corrected chi connectivity index (χ0v) is 19.5. The quantitative estimate of drug-likeness (QED) is 0.679. The van der Waals surface area contributed by atoms with Gasteiger partial charge in [-0.1, -0.05) is 33.1 Å². The van der Waals surface area contributed by atoms with Crippen LogP contribution < -0.4 is 20.4 Å². The number of thiocarbonyl (C=S) groups is 1. The van der Waals surface area contributed by atoms with Crippen LogP contribution in [0.25, 0.3) is 0 Å². The summed E-state index contributed by atoms with van der Waals surface area (Å²) in [5.41, 5.74) is 0. The lowest BCUT2D eigenvalue weighted by atomic mass is 9.96. The van der Waals surface area contributed by atoms with Crippen molar-refractivity contribution in [1.82, 2.24) is 15.3 Å². The maximum atomic E-state index is 5.62. The standard InChI is InChI=1S/C23H38N6S/c1-17-8-6-12-28(15-17)20-14-21(29-13-7-9-18(2)16-29)26-22(25-20)27-23(30)24-19-10-4-3-5-11-19/h14,17-19H,3-13,15-16H2,1-2H3,(H2,24,25,26,27,30)/t17-,18-/m1/s1. The Kier molecular flexibility index (Phi) is 7.28. The fourth-order valence-electron chi connectivity index (χ4n) is 5.17. The molecule has 0 unspecified atom stereocenters. The third-order valence-corrected chi connectivity index (χ3v) is 7.05. The minimum atomic E-state index is 0.479. The molecule has 2 saturated heterocycles. The van der Waals surface area contributed by atoms with Crippen LogP contribution in [0.4, 0.5) is 17.6 Å². The average molecular weight is 431 g/mol. The van der Waals surface area contributed by atoms with E-state index >= 15 is 0 Å². The second-order valence-corrected chi connectivity index (χ2v) is 10.1. The van der Waals surface area contributed by atoms with E-state index in [2.05, 4.69) is 40.3 Å². The number of rotatable bonds is 4. The lowest BCUT2D eigenvalue weighted by Gasteiger charge is -2.35.